The molecule has 0 saturated carbocycles. The van der Waals surface area contributed by atoms with Crippen molar-refractivity contribution < 1.29 is 4.39 Å². The Balaban J connectivity index is 2.77. The van der Waals surface area contributed by atoms with Crippen molar-refractivity contribution in [2.45, 2.75) is 6.42 Å². The molecule has 0 radical (unpaired) electrons. The monoisotopic (exact) mass is 243 g/mol. The Morgan fingerprint density at radius 1 is 1.46 bits per heavy atom. The summed E-state index contributed by atoms with van der Waals surface area (Å²) in [6, 6.07) is 4.41. The first-order valence-electron chi connectivity index (χ1n) is 4.01. The summed E-state index contributed by atoms with van der Waals surface area (Å²) in [6.45, 7) is 0. The normalized spacial score (nSPS) is 10.9. The first kappa shape index (κ1) is 10.3. The Labute approximate surface area is 85.6 Å². The lowest BCUT2D eigenvalue weighted by atomic mass is 10.1. The van der Waals surface area contributed by atoms with Crippen molar-refractivity contribution in [2.75, 3.05) is 11.1 Å². The number of allylic oxidation sites excluding steroid dienone is 1. The van der Waals surface area contributed by atoms with Crippen LogP contribution in [0.1, 0.15) is 12.0 Å². The van der Waals surface area contributed by atoms with E-state index in [1.165, 1.54) is 12.1 Å². The Morgan fingerprint density at radius 3 is 2.85 bits per heavy atom. The fourth-order valence-electron chi connectivity index (χ4n) is 0.971. The largest absolute Gasteiger partial charge is 0.398 e. The Hall–Kier alpha value is -0.830. The minimum Gasteiger partial charge on any atom is -0.398 e. The van der Waals surface area contributed by atoms with Gasteiger partial charge in [0.2, 0.25) is 0 Å². The van der Waals surface area contributed by atoms with Crippen LogP contribution in [0.2, 0.25) is 0 Å². The lowest BCUT2D eigenvalue weighted by molar-refractivity contribution is 0.628. The molecule has 0 heterocycles. The third-order valence-electron chi connectivity index (χ3n) is 1.62. The number of rotatable bonds is 3. The van der Waals surface area contributed by atoms with Crippen LogP contribution in [0.3, 0.4) is 0 Å². The molecule has 0 aliphatic rings. The van der Waals surface area contributed by atoms with Crippen LogP contribution in [0.15, 0.2) is 24.3 Å². The van der Waals surface area contributed by atoms with Crippen molar-refractivity contribution >= 4 is 27.7 Å². The van der Waals surface area contributed by atoms with Crippen LogP contribution < -0.4 is 5.73 Å². The topological polar surface area (TPSA) is 26.0 Å². The SMILES string of the molecule is Nc1cc(F)ccc1C=CCCBr. The molecule has 0 spiro atoms. The van der Waals surface area contributed by atoms with Gasteiger partial charge >= 0.3 is 0 Å². The van der Waals surface area contributed by atoms with Crippen LogP contribution in [0.25, 0.3) is 6.08 Å². The van der Waals surface area contributed by atoms with Crippen LogP contribution in [0.5, 0.6) is 0 Å². The van der Waals surface area contributed by atoms with Crippen LogP contribution in [-0.4, -0.2) is 5.33 Å². The van der Waals surface area contributed by atoms with Gasteiger partial charge in [-0.3, -0.25) is 0 Å². The molecule has 0 saturated heterocycles. The maximum Gasteiger partial charge on any atom is 0.125 e. The molecular formula is C10H11BrFN. The van der Waals surface area contributed by atoms with Gasteiger partial charge in [-0.05, 0) is 24.1 Å². The molecule has 70 valence electrons. The highest BCUT2D eigenvalue weighted by molar-refractivity contribution is 9.09. The van der Waals surface area contributed by atoms with Crippen molar-refractivity contribution in [1.29, 1.82) is 0 Å². The number of benzene rings is 1. The van der Waals surface area contributed by atoms with E-state index in [1.807, 2.05) is 12.2 Å². The molecule has 1 aromatic carbocycles. The number of nitrogen functional groups attached to an aromatic ring is 1. The van der Waals surface area contributed by atoms with Gasteiger partial charge in [0.25, 0.3) is 0 Å². The highest BCUT2D eigenvalue weighted by atomic mass is 79.9. The maximum absolute atomic E-state index is 12.6. The number of nitrogens with two attached hydrogens (primary N) is 1. The highest BCUT2D eigenvalue weighted by Gasteiger charge is 1.95. The fraction of sp³-hybridized carbons (Fsp3) is 0.200. The Kier molecular flexibility index (Phi) is 3.96. The molecule has 0 bridgehead atoms. The van der Waals surface area contributed by atoms with Crippen LogP contribution in [0.4, 0.5) is 10.1 Å². The minimum atomic E-state index is -0.296. The molecule has 0 aliphatic carbocycles. The summed E-state index contributed by atoms with van der Waals surface area (Å²) >= 11 is 3.31. The first-order chi connectivity index (χ1) is 6.24. The molecular weight excluding hydrogens is 233 g/mol. The zero-order chi connectivity index (χ0) is 9.68. The molecule has 1 rings (SSSR count). The van der Waals surface area contributed by atoms with E-state index in [2.05, 4.69) is 15.9 Å². The lowest BCUT2D eigenvalue weighted by Gasteiger charge is -1.99. The van der Waals surface area contributed by atoms with Gasteiger partial charge in [0.15, 0.2) is 0 Å². The molecule has 13 heavy (non-hydrogen) atoms. The maximum atomic E-state index is 12.6. The van der Waals surface area contributed by atoms with Crippen molar-refractivity contribution in [3.8, 4) is 0 Å². The van der Waals surface area contributed by atoms with Gasteiger partial charge in [0.1, 0.15) is 5.82 Å². The van der Waals surface area contributed by atoms with Crippen LogP contribution in [0, 0.1) is 5.82 Å². The zero-order valence-electron chi connectivity index (χ0n) is 7.13. The average Bonchev–Trinajstić information content (AvgIpc) is 2.09. The smallest absolute Gasteiger partial charge is 0.125 e. The molecule has 0 unspecified atom stereocenters. The molecule has 0 aromatic heterocycles. The summed E-state index contributed by atoms with van der Waals surface area (Å²) in [5, 5.41) is 0.921. The van der Waals surface area contributed by atoms with Gasteiger partial charge < -0.3 is 5.73 Å². The zero-order valence-corrected chi connectivity index (χ0v) is 8.72. The van der Waals surface area contributed by atoms with Gasteiger partial charge in [-0.2, -0.15) is 0 Å². The van der Waals surface area contributed by atoms with Crippen molar-refractivity contribution in [1.82, 2.24) is 0 Å². The van der Waals surface area contributed by atoms with E-state index in [-0.39, 0.29) is 5.82 Å². The minimum absolute atomic E-state index is 0.296. The van der Waals surface area contributed by atoms with Crippen molar-refractivity contribution in [3.05, 3.63) is 35.7 Å². The standard InChI is InChI=1S/C10H11BrFN/c11-6-2-1-3-8-4-5-9(12)7-10(8)13/h1,3-5,7H,2,6,13H2. The Bertz CT molecular complexity index is 310. The third-order valence-corrected chi connectivity index (χ3v) is 2.08. The van der Waals surface area contributed by atoms with Crippen LogP contribution in [-0.2, 0) is 0 Å². The number of hydrogen-bond donors (Lipinski definition) is 1. The van der Waals surface area contributed by atoms with Gasteiger partial charge in [-0.25, -0.2) is 4.39 Å². The number of halogens is 2. The van der Waals surface area contributed by atoms with Gasteiger partial charge in [-0.1, -0.05) is 34.1 Å². The quantitative estimate of drug-likeness (QED) is 0.641. The predicted molar refractivity (Wildman–Crippen MR) is 58.3 cm³/mol. The average molecular weight is 244 g/mol. The molecule has 0 fully saturated rings. The van der Waals surface area contributed by atoms with E-state index < -0.39 is 0 Å². The number of alkyl halides is 1. The van der Waals surface area contributed by atoms with Gasteiger partial charge in [0, 0.05) is 11.0 Å². The molecule has 0 amide bonds. The second-order valence-electron chi connectivity index (χ2n) is 2.65. The number of anilines is 1. The second kappa shape index (κ2) is 5.02. The summed E-state index contributed by atoms with van der Waals surface area (Å²) in [4.78, 5) is 0. The van der Waals surface area contributed by atoms with E-state index in [0.29, 0.717) is 5.69 Å². The molecule has 1 aromatic rings. The summed E-state index contributed by atoms with van der Waals surface area (Å²) in [6.07, 6.45) is 4.84. The van der Waals surface area contributed by atoms with E-state index in [1.54, 1.807) is 6.07 Å². The molecule has 1 nitrogen and oxygen atoms in total. The molecule has 2 N–H and O–H groups in total. The lowest BCUT2D eigenvalue weighted by Crippen LogP contribution is -1.89. The number of hydrogen-bond acceptors (Lipinski definition) is 1. The summed E-state index contributed by atoms with van der Waals surface area (Å²) in [5.41, 5.74) is 6.94. The summed E-state index contributed by atoms with van der Waals surface area (Å²) < 4.78 is 12.6. The van der Waals surface area contributed by atoms with Crippen LogP contribution >= 0.6 is 15.9 Å². The fourth-order valence-corrected chi connectivity index (χ4v) is 1.24. The first-order valence-corrected chi connectivity index (χ1v) is 5.13. The van der Waals surface area contributed by atoms with Gasteiger partial charge in [-0.15, -0.1) is 0 Å². The van der Waals surface area contributed by atoms with E-state index in [0.717, 1.165) is 17.3 Å². The summed E-state index contributed by atoms with van der Waals surface area (Å²) in [5.74, 6) is -0.296. The van der Waals surface area contributed by atoms with Crippen molar-refractivity contribution in [3.63, 3.8) is 0 Å². The molecule has 0 atom stereocenters. The van der Waals surface area contributed by atoms with E-state index in [4.69, 9.17) is 5.73 Å². The highest BCUT2D eigenvalue weighted by Crippen LogP contribution is 2.15. The van der Waals surface area contributed by atoms with Gasteiger partial charge in [0.05, 0.1) is 0 Å². The third kappa shape index (κ3) is 3.19. The molecule has 0 aliphatic heterocycles. The Morgan fingerprint density at radius 2 is 2.23 bits per heavy atom. The van der Waals surface area contributed by atoms with E-state index in [9.17, 15) is 4.39 Å². The van der Waals surface area contributed by atoms with E-state index >= 15 is 0 Å². The predicted octanol–water partition coefficient (Wildman–Crippen LogP) is 3.21. The van der Waals surface area contributed by atoms with Crippen molar-refractivity contribution in [2.24, 2.45) is 0 Å². The molecule has 3 heteroatoms. The second-order valence-corrected chi connectivity index (χ2v) is 3.45. The summed E-state index contributed by atoms with van der Waals surface area (Å²) in [7, 11) is 0.